The molecule has 0 atom stereocenters. The number of amides is 1. The molecular formula is C18H20ClN3O4S. The highest BCUT2D eigenvalue weighted by molar-refractivity contribution is 7.92. The topological polar surface area (TPSA) is 88.1 Å². The molecule has 0 unspecified atom stereocenters. The maximum atomic E-state index is 12.1. The fourth-order valence-corrected chi connectivity index (χ4v) is 3.19. The van der Waals surface area contributed by atoms with E-state index in [1.165, 1.54) is 12.3 Å². The predicted molar refractivity (Wildman–Crippen MR) is 107 cm³/mol. The number of carbonyl (C=O) groups is 1. The van der Waals surface area contributed by atoms with E-state index >= 15 is 0 Å². The maximum absolute atomic E-state index is 12.1. The van der Waals surface area contributed by atoms with Gasteiger partial charge in [0.15, 0.2) is 0 Å². The summed E-state index contributed by atoms with van der Waals surface area (Å²) in [4.78, 5) is 12.1. The Hall–Kier alpha value is -2.58. The third-order valence-electron chi connectivity index (χ3n) is 3.65. The standard InChI is InChI=1S/C18H20ClN3O4S/c1-13-4-7-15(10-17(13)19)22(27(3,24)25)12-18(23)21-20-11-14-5-8-16(26-2)9-6-14/h4-11H,12H2,1-3H3,(H,21,23)/b20-11-. The molecule has 0 saturated heterocycles. The van der Waals surface area contributed by atoms with Gasteiger partial charge in [0, 0.05) is 5.02 Å². The van der Waals surface area contributed by atoms with Gasteiger partial charge in [0.2, 0.25) is 10.0 Å². The zero-order valence-corrected chi connectivity index (χ0v) is 16.7. The van der Waals surface area contributed by atoms with Gasteiger partial charge in [-0.2, -0.15) is 5.10 Å². The number of benzene rings is 2. The van der Waals surface area contributed by atoms with Gasteiger partial charge >= 0.3 is 0 Å². The fourth-order valence-electron chi connectivity index (χ4n) is 2.17. The number of rotatable bonds is 7. The lowest BCUT2D eigenvalue weighted by molar-refractivity contribution is -0.119. The van der Waals surface area contributed by atoms with Gasteiger partial charge in [-0.3, -0.25) is 9.10 Å². The summed E-state index contributed by atoms with van der Waals surface area (Å²) in [6.07, 6.45) is 2.47. The highest BCUT2D eigenvalue weighted by atomic mass is 35.5. The van der Waals surface area contributed by atoms with Crippen LogP contribution in [0, 0.1) is 6.92 Å². The second-order valence-corrected chi connectivity index (χ2v) is 8.08. The van der Waals surface area contributed by atoms with Crippen molar-refractivity contribution in [2.75, 3.05) is 24.2 Å². The van der Waals surface area contributed by atoms with E-state index < -0.39 is 22.5 Å². The first kappa shape index (κ1) is 20.7. The average molecular weight is 410 g/mol. The van der Waals surface area contributed by atoms with Crippen LogP contribution in [-0.4, -0.2) is 40.4 Å². The Morgan fingerprint density at radius 2 is 1.93 bits per heavy atom. The number of nitrogens with zero attached hydrogens (tertiary/aromatic N) is 2. The molecule has 0 fully saturated rings. The second kappa shape index (κ2) is 8.88. The molecule has 27 heavy (non-hydrogen) atoms. The molecule has 9 heteroatoms. The largest absolute Gasteiger partial charge is 0.497 e. The molecule has 0 bridgehead atoms. The number of hydrogen-bond acceptors (Lipinski definition) is 5. The molecule has 1 N–H and O–H groups in total. The molecule has 0 spiro atoms. The number of ether oxygens (including phenoxy) is 1. The summed E-state index contributed by atoms with van der Waals surface area (Å²) in [5.74, 6) is 0.124. The molecule has 0 aliphatic carbocycles. The maximum Gasteiger partial charge on any atom is 0.260 e. The van der Waals surface area contributed by atoms with Gasteiger partial charge in [0.1, 0.15) is 12.3 Å². The summed E-state index contributed by atoms with van der Waals surface area (Å²) >= 11 is 6.06. The Bertz CT molecular complexity index is 944. The van der Waals surface area contributed by atoms with Crippen LogP contribution in [0.3, 0.4) is 0 Å². The van der Waals surface area contributed by atoms with Crippen molar-refractivity contribution in [1.29, 1.82) is 0 Å². The molecule has 0 aliphatic heterocycles. The summed E-state index contributed by atoms with van der Waals surface area (Å²) in [6, 6.07) is 11.8. The van der Waals surface area contributed by atoms with Gasteiger partial charge in [-0.1, -0.05) is 17.7 Å². The summed E-state index contributed by atoms with van der Waals surface area (Å²) in [6.45, 7) is 1.38. The van der Waals surface area contributed by atoms with Gasteiger partial charge in [0.05, 0.1) is 25.3 Å². The number of nitrogens with one attached hydrogen (secondary N) is 1. The molecule has 7 nitrogen and oxygen atoms in total. The van der Waals surface area contributed by atoms with Crippen molar-refractivity contribution < 1.29 is 17.9 Å². The van der Waals surface area contributed by atoms with Gasteiger partial charge in [-0.15, -0.1) is 0 Å². The molecular weight excluding hydrogens is 390 g/mol. The molecule has 144 valence electrons. The second-order valence-electron chi connectivity index (χ2n) is 5.77. The SMILES string of the molecule is COc1ccc(/C=N\NC(=O)CN(c2ccc(C)c(Cl)c2)S(C)(=O)=O)cc1. The van der Waals surface area contributed by atoms with Crippen LogP contribution < -0.4 is 14.5 Å². The minimum absolute atomic E-state index is 0.308. The molecule has 0 heterocycles. The summed E-state index contributed by atoms with van der Waals surface area (Å²) in [7, 11) is -2.11. The highest BCUT2D eigenvalue weighted by Gasteiger charge is 2.21. The number of carbonyl (C=O) groups excluding carboxylic acids is 1. The van der Waals surface area contributed by atoms with Crippen LogP contribution in [0.2, 0.25) is 5.02 Å². The van der Waals surface area contributed by atoms with Crippen LogP contribution in [0.4, 0.5) is 5.69 Å². The molecule has 2 rings (SSSR count). The lowest BCUT2D eigenvalue weighted by Crippen LogP contribution is -2.39. The fraction of sp³-hybridized carbons (Fsp3) is 0.222. The summed E-state index contributed by atoms with van der Waals surface area (Å²) in [5, 5.41) is 4.26. The van der Waals surface area contributed by atoms with Crippen molar-refractivity contribution >= 4 is 39.4 Å². The first-order valence-corrected chi connectivity index (χ1v) is 10.1. The van der Waals surface area contributed by atoms with Crippen molar-refractivity contribution in [3.8, 4) is 5.75 Å². The average Bonchev–Trinajstić information content (AvgIpc) is 2.62. The van der Waals surface area contributed by atoms with Crippen molar-refractivity contribution in [1.82, 2.24) is 5.43 Å². The Morgan fingerprint density at radius 3 is 2.48 bits per heavy atom. The van der Waals surface area contributed by atoms with E-state index in [9.17, 15) is 13.2 Å². The van der Waals surface area contributed by atoms with Crippen LogP contribution in [0.1, 0.15) is 11.1 Å². The quantitative estimate of drug-likeness (QED) is 0.562. The van der Waals surface area contributed by atoms with Crippen molar-refractivity contribution in [3.05, 3.63) is 58.6 Å². The van der Waals surface area contributed by atoms with Crippen molar-refractivity contribution in [3.63, 3.8) is 0 Å². The smallest absolute Gasteiger partial charge is 0.260 e. The number of halogens is 1. The molecule has 0 saturated carbocycles. The lowest BCUT2D eigenvalue weighted by atomic mass is 10.2. The number of methoxy groups -OCH3 is 1. The highest BCUT2D eigenvalue weighted by Crippen LogP contribution is 2.24. The van der Waals surface area contributed by atoms with E-state index in [0.29, 0.717) is 16.5 Å². The van der Waals surface area contributed by atoms with Crippen molar-refractivity contribution in [2.45, 2.75) is 6.92 Å². The number of aryl methyl sites for hydroxylation is 1. The summed E-state index contributed by atoms with van der Waals surface area (Å²) < 4.78 is 30.2. The first-order chi connectivity index (χ1) is 12.7. The lowest BCUT2D eigenvalue weighted by Gasteiger charge is -2.21. The third kappa shape index (κ3) is 5.97. The van der Waals surface area contributed by atoms with E-state index in [2.05, 4.69) is 10.5 Å². The monoisotopic (exact) mass is 409 g/mol. The van der Waals surface area contributed by atoms with Crippen LogP contribution in [0.25, 0.3) is 0 Å². The molecule has 1 amide bonds. The molecule has 0 radical (unpaired) electrons. The van der Waals surface area contributed by atoms with Crippen LogP contribution in [-0.2, 0) is 14.8 Å². The van der Waals surface area contributed by atoms with E-state index in [0.717, 1.165) is 21.7 Å². The Labute approximate surface area is 163 Å². The summed E-state index contributed by atoms with van der Waals surface area (Å²) in [5.41, 5.74) is 4.19. The minimum Gasteiger partial charge on any atom is -0.497 e. The molecule has 0 aromatic heterocycles. The number of anilines is 1. The number of sulfonamides is 1. The zero-order chi connectivity index (χ0) is 20.0. The molecule has 2 aromatic carbocycles. The Kier molecular flexibility index (Phi) is 6.81. The Morgan fingerprint density at radius 1 is 1.26 bits per heavy atom. The predicted octanol–water partition coefficient (Wildman–Crippen LogP) is 2.57. The van der Waals surface area contributed by atoms with E-state index in [1.54, 1.807) is 50.4 Å². The van der Waals surface area contributed by atoms with Gasteiger partial charge in [-0.25, -0.2) is 13.8 Å². The van der Waals surface area contributed by atoms with E-state index in [1.807, 2.05) is 0 Å². The van der Waals surface area contributed by atoms with Crippen LogP contribution in [0.15, 0.2) is 47.6 Å². The van der Waals surface area contributed by atoms with E-state index in [-0.39, 0.29) is 0 Å². The number of hydrazone groups is 1. The van der Waals surface area contributed by atoms with Gasteiger partial charge in [-0.05, 0) is 54.4 Å². The van der Waals surface area contributed by atoms with Gasteiger partial charge < -0.3 is 4.74 Å². The molecule has 0 aliphatic rings. The normalized spacial score (nSPS) is 11.4. The number of hydrogen-bond donors (Lipinski definition) is 1. The third-order valence-corrected chi connectivity index (χ3v) is 5.20. The zero-order valence-electron chi connectivity index (χ0n) is 15.1. The first-order valence-electron chi connectivity index (χ1n) is 7.90. The van der Waals surface area contributed by atoms with Crippen LogP contribution >= 0.6 is 11.6 Å². The van der Waals surface area contributed by atoms with E-state index in [4.69, 9.17) is 16.3 Å². The minimum atomic E-state index is -3.68. The van der Waals surface area contributed by atoms with Crippen molar-refractivity contribution in [2.24, 2.45) is 5.10 Å². The molecule has 2 aromatic rings. The van der Waals surface area contributed by atoms with Crippen LogP contribution in [0.5, 0.6) is 5.75 Å². The van der Waals surface area contributed by atoms with Gasteiger partial charge in [0.25, 0.3) is 5.91 Å². The Balaban J connectivity index is 2.07.